The molecule has 3 nitrogen and oxygen atoms in total. The second-order valence-corrected chi connectivity index (χ2v) is 5.13. The number of nitrogens with zero attached hydrogens (tertiary/aromatic N) is 3. The van der Waals surface area contributed by atoms with E-state index in [1.54, 1.807) is 0 Å². The van der Waals surface area contributed by atoms with Crippen molar-refractivity contribution < 1.29 is 8.78 Å². The summed E-state index contributed by atoms with van der Waals surface area (Å²) in [5.74, 6) is -0.380. The summed E-state index contributed by atoms with van der Waals surface area (Å²) in [7, 11) is 0. The van der Waals surface area contributed by atoms with Gasteiger partial charge in [-0.2, -0.15) is 0 Å². The molecule has 2 heterocycles. The third kappa shape index (κ3) is 2.31. The molecule has 0 aliphatic heterocycles. The van der Waals surface area contributed by atoms with Gasteiger partial charge in [0.05, 0.1) is 0 Å². The Bertz CT molecular complexity index is 755. The molecule has 0 N–H and O–H groups in total. The number of rotatable bonds is 2. The van der Waals surface area contributed by atoms with Crippen LogP contribution in [0.15, 0.2) is 46.3 Å². The third-order valence-corrected chi connectivity index (χ3v) is 3.70. The topological polar surface area (TPSA) is 30.2 Å². The number of hydrogen-bond donors (Lipinski definition) is 0. The van der Waals surface area contributed by atoms with Gasteiger partial charge in [-0.05, 0) is 31.2 Å². The first-order valence-corrected chi connectivity index (χ1v) is 6.39. The van der Waals surface area contributed by atoms with Crippen LogP contribution < -0.4 is 0 Å². The van der Waals surface area contributed by atoms with E-state index >= 15 is 0 Å². The van der Waals surface area contributed by atoms with E-state index in [4.69, 9.17) is 0 Å². The largest absolute Gasteiger partial charge is 0.286 e. The number of fused-ring (bicyclic) bond motifs is 1. The molecule has 0 radical (unpaired) electrons. The second-order valence-electron chi connectivity index (χ2n) is 4.02. The lowest BCUT2D eigenvalue weighted by Crippen LogP contribution is -1.89. The molecule has 6 heteroatoms. The smallest absolute Gasteiger partial charge is 0.160 e. The van der Waals surface area contributed by atoms with E-state index in [0.29, 0.717) is 4.90 Å². The Hall–Kier alpha value is -1.95. The first kappa shape index (κ1) is 12.1. The minimum Gasteiger partial charge on any atom is -0.286 e. The predicted octanol–water partition coefficient (Wildman–Crippen LogP) is 3.47. The van der Waals surface area contributed by atoms with Crippen molar-refractivity contribution in [2.24, 2.45) is 0 Å². The highest BCUT2D eigenvalue weighted by atomic mass is 32.2. The van der Waals surface area contributed by atoms with Crippen LogP contribution in [0.1, 0.15) is 5.82 Å². The van der Waals surface area contributed by atoms with Crippen LogP contribution in [-0.2, 0) is 0 Å². The van der Waals surface area contributed by atoms with Crippen LogP contribution >= 0.6 is 11.8 Å². The first-order chi connectivity index (χ1) is 9.13. The number of benzene rings is 1. The zero-order valence-corrected chi connectivity index (χ0v) is 10.8. The third-order valence-electron chi connectivity index (χ3n) is 2.67. The molecule has 1 aromatic carbocycles. The summed E-state index contributed by atoms with van der Waals surface area (Å²) in [5.41, 5.74) is 0.737. The highest BCUT2D eigenvalue weighted by molar-refractivity contribution is 7.99. The van der Waals surface area contributed by atoms with Crippen LogP contribution in [0.4, 0.5) is 8.78 Å². The molecule has 0 bridgehead atoms. The van der Waals surface area contributed by atoms with Gasteiger partial charge in [0.25, 0.3) is 0 Å². The van der Waals surface area contributed by atoms with Gasteiger partial charge in [0.1, 0.15) is 17.5 Å². The van der Waals surface area contributed by atoms with E-state index in [0.717, 1.165) is 22.4 Å². The standard InChI is InChI=1S/C13H9F2N3S/c1-8-16-17-13-5-3-10(7-18(8)13)19-12-4-2-9(14)6-11(12)15/h2-7H,1H3. The van der Waals surface area contributed by atoms with Crippen molar-refractivity contribution in [3.8, 4) is 0 Å². The van der Waals surface area contributed by atoms with Crippen molar-refractivity contribution in [2.75, 3.05) is 0 Å². The van der Waals surface area contributed by atoms with Gasteiger partial charge in [-0.15, -0.1) is 10.2 Å². The highest BCUT2D eigenvalue weighted by Crippen LogP contribution is 2.30. The minimum atomic E-state index is -0.577. The molecule has 3 aromatic rings. The molecule has 0 amide bonds. The van der Waals surface area contributed by atoms with E-state index in [2.05, 4.69) is 10.2 Å². The molecule has 96 valence electrons. The summed E-state index contributed by atoms with van der Waals surface area (Å²) in [6.45, 7) is 1.84. The van der Waals surface area contributed by atoms with E-state index in [1.165, 1.54) is 23.9 Å². The fourth-order valence-corrected chi connectivity index (χ4v) is 2.57. The summed E-state index contributed by atoms with van der Waals surface area (Å²) >= 11 is 1.23. The van der Waals surface area contributed by atoms with Crippen molar-refractivity contribution in [2.45, 2.75) is 16.7 Å². The van der Waals surface area contributed by atoms with Gasteiger partial charge >= 0.3 is 0 Å². The average molecular weight is 277 g/mol. The maximum absolute atomic E-state index is 13.6. The van der Waals surface area contributed by atoms with Crippen molar-refractivity contribution in [3.63, 3.8) is 0 Å². The van der Waals surface area contributed by atoms with Gasteiger partial charge in [0.2, 0.25) is 0 Å². The van der Waals surface area contributed by atoms with E-state index < -0.39 is 11.6 Å². The summed E-state index contributed by atoms with van der Waals surface area (Å²) < 4.78 is 28.2. The Morgan fingerprint density at radius 1 is 1.11 bits per heavy atom. The lowest BCUT2D eigenvalue weighted by Gasteiger charge is -2.04. The van der Waals surface area contributed by atoms with Gasteiger partial charge in [-0.25, -0.2) is 8.78 Å². The lowest BCUT2D eigenvalue weighted by molar-refractivity contribution is 0.565. The second kappa shape index (κ2) is 4.62. The van der Waals surface area contributed by atoms with Gasteiger partial charge in [-0.3, -0.25) is 4.40 Å². The molecular formula is C13H9F2N3S. The van der Waals surface area contributed by atoms with Gasteiger partial charge < -0.3 is 0 Å². The van der Waals surface area contributed by atoms with Crippen LogP contribution in [0.3, 0.4) is 0 Å². The Balaban J connectivity index is 1.98. The molecule has 0 unspecified atom stereocenters. The van der Waals surface area contributed by atoms with Gasteiger partial charge in [0.15, 0.2) is 5.65 Å². The Morgan fingerprint density at radius 3 is 2.74 bits per heavy atom. The van der Waals surface area contributed by atoms with E-state index in [-0.39, 0.29) is 0 Å². The normalized spacial score (nSPS) is 11.1. The van der Waals surface area contributed by atoms with Crippen molar-refractivity contribution in [1.82, 2.24) is 14.6 Å². The van der Waals surface area contributed by atoms with Crippen molar-refractivity contribution in [3.05, 3.63) is 54.0 Å². The summed E-state index contributed by atoms with van der Waals surface area (Å²) in [4.78, 5) is 1.22. The number of aryl methyl sites for hydroxylation is 1. The summed E-state index contributed by atoms with van der Waals surface area (Å²) in [6, 6.07) is 7.19. The fraction of sp³-hybridized carbons (Fsp3) is 0.0769. The first-order valence-electron chi connectivity index (χ1n) is 5.58. The maximum atomic E-state index is 13.6. The van der Waals surface area contributed by atoms with Crippen molar-refractivity contribution >= 4 is 17.4 Å². The minimum absolute atomic E-state index is 0.381. The number of hydrogen-bond acceptors (Lipinski definition) is 3. The Morgan fingerprint density at radius 2 is 1.95 bits per heavy atom. The van der Waals surface area contributed by atoms with Gasteiger partial charge in [0, 0.05) is 22.1 Å². The number of pyridine rings is 1. The van der Waals surface area contributed by atoms with E-state index in [9.17, 15) is 8.78 Å². The quantitative estimate of drug-likeness (QED) is 0.718. The molecular weight excluding hydrogens is 268 g/mol. The van der Waals surface area contributed by atoms with Crippen LogP contribution in [0, 0.1) is 18.6 Å². The zero-order valence-electron chi connectivity index (χ0n) is 9.97. The lowest BCUT2D eigenvalue weighted by atomic mass is 10.3. The molecule has 0 fully saturated rings. The van der Waals surface area contributed by atoms with Crippen LogP contribution in [0.25, 0.3) is 5.65 Å². The van der Waals surface area contributed by atoms with Crippen LogP contribution in [0.2, 0.25) is 0 Å². The summed E-state index contributed by atoms with van der Waals surface area (Å²) in [5, 5.41) is 7.93. The predicted molar refractivity (Wildman–Crippen MR) is 68.2 cm³/mol. The van der Waals surface area contributed by atoms with Crippen molar-refractivity contribution in [1.29, 1.82) is 0 Å². The monoisotopic (exact) mass is 277 g/mol. The average Bonchev–Trinajstić information content (AvgIpc) is 2.75. The highest BCUT2D eigenvalue weighted by Gasteiger charge is 2.07. The van der Waals surface area contributed by atoms with Crippen LogP contribution in [0.5, 0.6) is 0 Å². The summed E-state index contributed by atoms with van der Waals surface area (Å²) in [6.07, 6.45) is 1.83. The van der Waals surface area contributed by atoms with Gasteiger partial charge in [-0.1, -0.05) is 11.8 Å². The molecule has 0 spiro atoms. The number of halogens is 2. The molecule has 3 rings (SSSR count). The molecule has 2 aromatic heterocycles. The van der Waals surface area contributed by atoms with Crippen LogP contribution in [-0.4, -0.2) is 14.6 Å². The molecule has 19 heavy (non-hydrogen) atoms. The SMILES string of the molecule is Cc1nnc2ccc(Sc3ccc(F)cc3F)cn12. The molecule has 0 aliphatic rings. The Kier molecular flexibility index (Phi) is 2.94. The molecule has 0 saturated carbocycles. The molecule has 0 atom stereocenters. The fourth-order valence-electron chi connectivity index (χ4n) is 1.73. The molecule has 0 saturated heterocycles. The zero-order chi connectivity index (χ0) is 13.4. The molecule has 0 aliphatic carbocycles. The van der Waals surface area contributed by atoms with E-state index in [1.807, 2.05) is 29.7 Å². The maximum Gasteiger partial charge on any atom is 0.160 e. The number of aromatic nitrogens is 3. The Labute approximate surface area is 112 Å².